The molecule has 1 aromatic heterocycles. The Morgan fingerprint density at radius 3 is 2.84 bits per heavy atom. The highest BCUT2D eigenvalue weighted by Crippen LogP contribution is 2.29. The third kappa shape index (κ3) is 3.49. The summed E-state index contributed by atoms with van der Waals surface area (Å²) < 4.78 is 5.95. The molecule has 2 aliphatic rings. The molecule has 1 saturated carbocycles. The fourth-order valence-corrected chi connectivity index (χ4v) is 3.33. The van der Waals surface area contributed by atoms with E-state index in [1.165, 1.54) is 5.56 Å². The molecule has 0 spiro atoms. The van der Waals surface area contributed by atoms with Crippen LogP contribution in [0.5, 0.6) is 0 Å². The van der Waals surface area contributed by atoms with Crippen LogP contribution in [0.3, 0.4) is 0 Å². The second-order valence-electron chi connectivity index (χ2n) is 6.68. The summed E-state index contributed by atoms with van der Waals surface area (Å²) in [5, 5.41) is 6.32. The monoisotopic (exact) mass is 338 g/mol. The molecule has 0 radical (unpaired) electrons. The summed E-state index contributed by atoms with van der Waals surface area (Å²) in [6.45, 7) is 3.11. The number of anilines is 1. The summed E-state index contributed by atoms with van der Waals surface area (Å²) in [4.78, 5) is 20.8. The number of aryl methyl sites for hydroxylation is 1. The summed E-state index contributed by atoms with van der Waals surface area (Å²) in [6.07, 6.45) is 2.96. The van der Waals surface area contributed by atoms with Gasteiger partial charge in [-0.1, -0.05) is 30.3 Å². The van der Waals surface area contributed by atoms with Gasteiger partial charge in [-0.05, 0) is 31.7 Å². The number of carbonyl (C=O) groups is 1. The van der Waals surface area contributed by atoms with Crippen LogP contribution in [0.25, 0.3) is 0 Å². The highest BCUT2D eigenvalue weighted by molar-refractivity contribution is 5.96. The van der Waals surface area contributed by atoms with E-state index in [9.17, 15) is 4.79 Å². The maximum absolute atomic E-state index is 12.0. The van der Waals surface area contributed by atoms with Crippen molar-refractivity contribution in [2.45, 2.75) is 44.9 Å². The van der Waals surface area contributed by atoms with E-state index in [1.54, 1.807) is 0 Å². The van der Waals surface area contributed by atoms with Gasteiger partial charge < -0.3 is 15.4 Å². The largest absolute Gasteiger partial charge is 0.373 e. The summed E-state index contributed by atoms with van der Waals surface area (Å²) in [6, 6.07) is 10.6. The van der Waals surface area contributed by atoms with Crippen LogP contribution in [0.1, 0.15) is 40.3 Å². The SMILES string of the molecule is Cc1nc(NC2CC(OCc3ccccc3)C2)c2c(n1)C(=O)NCC2. The lowest BCUT2D eigenvalue weighted by Gasteiger charge is -2.36. The quantitative estimate of drug-likeness (QED) is 0.874. The number of nitrogens with one attached hydrogen (secondary N) is 2. The molecule has 25 heavy (non-hydrogen) atoms. The van der Waals surface area contributed by atoms with Crippen molar-refractivity contribution in [1.82, 2.24) is 15.3 Å². The minimum absolute atomic E-state index is 0.104. The van der Waals surface area contributed by atoms with Gasteiger partial charge in [0.2, 0.25) is 0 Å². The number of amides is 1. The lowest BCUT2D eigenvalue weighted by molar-refractivity contribution is -0.0150. The van der Waals surface area contributed by atoms with Gasteiger partial charge in [-0.2, -0.15) is 0 Å². The van der Waals surface area contributed by atoms with E-state index in [-0.39, 0.29) is 12.0 Å². The molecule has 130 valence electrons. The summed E-state index contributed by atoms with van der Waals surface area (Å²) in [5.41, 5.74) is 2.64. The normalized spacial score (nSPS) is 21.9. The van der Waals surface area contributed by atoms with Gasteiger partial charge in [-0.3, -0.25) is 4.79 Å². The van der Waals surface area contributed by atoms with Crippen molar-refractivity contribution in [3.8, 4) is 0 Å². The van der Waals surface area contributed by atoms with Crippen molar-refractivity contribution in [3.63, 3.8) is 0 Å². The Morgan fingerprint density at radius 1 is 1.24 bits per heavy atom. The number of benzene rings is 1. The maximum atomic E-state index is 12.0. The number of aromatic nitrogens is 2. The summed E-state index contributed by atoms with van der Waals surface area (Å²) >= 11 is 0. The van der Waals surface area contributed by atoms with E-state index in [4.69, 9.17) is 4.74 Å². The van der Waals surface area contributed by atoms with E-state index in [0.29, 0.717) is 30.7 Å². The number of rotatable bonds is 5. The van der Waals surface area contributed by atoms with E-state index in [0.717, 1.165) is 30.6 Å². The molecule has 1 fully saturated rings. The second-order valence-corrected chi connectivity index (χ2v) is 6.68. The highest BCUT2D eigenvalue weighted by Gasteiger charge is 2.32. The number of carbonyl (C=O) groups excluding carboxylic acids is 1. The lowest BCUT2D eigenvalue weighted by atomic mass is 9.89. The van der Waals surface area contributed by atoms with Gasteiger partial charge >= 0.3 is 0 Å². The van der Waals surface area contributed by atoms with Crippen LogP contribution in [0.4, 0.5) is 5.82 Å². The topological polar surface area (TPSA) is 76.1 Å². The molecule has 2 heterocycles. The van der Waals surface area contributed by atoms with Gasteiger partial charge in [-0.15, -0.1) is 0 Å². The number of hydrogen-bond acceptors (Lipinski definition) is 5. The third-order valence-corrected chi connectivity index (χ3v) is 4.76. The molecule has 1 aliphatic carbocycles. The molecule has 1 aromatic carbocycles. The van der Waals surface area contributed by atoms with E-state index >= 15 is 0 Å². The Bertz CT molecular complexity index is 772. The maximum Gasteiger partial charge on any atom is 0.270 e. The Labute approximate surface area is 147 Å². The van der Waals surface area contributed by atoms with Crippen LogP contribution >= 0.6 is 0 Å². The van der Waals surface area contributed by atoms with Gasteiger partial charge in [0.25, 0.3) is 5.91 Å². The first-order valence-corrected chi connectivity index (χ1v) is 8.77. The minimum atomic E-state index is -0.104. The van der Waals surface area contributed by atoms with Gasteiger partial charge in [0.05, 0.1) is 12.7 Å². The first-order chi connectivity index (χ1) is 12.2. The van der Waals surface area contributed by atoms with Crippen LogP contribution in [0.15, 0.2) is 30.3 Å². The van der Waals surface area contributed by atoms with Crippen molar-refractivity contribution in [1.29, 1.82) is 0 Å². The Hall–Kier alpha value is -2.47. The van der Waals surface area contributed by atoms with Crippen LogP contribution in [-0.4, -0.2) is 34.6 Å². The molecule has 1 aliphatic heterocycles. The van der Waals surface area contributed by atoms with Crippen LogP contribution in [-0.2, 0) is 17.8 Å². The van der Waals surface area contributed by atoms with Crippen molar-refractivity contribution >= 4 is 11.7 Å². The fraction of sp³-hybridized carbons (Fsp3) is 0.421. The zero-order valence-electron chi connectivity index (χ0n) is 14.3. The molecule has 2 aromatic rings. The molecule has 1 amide bonds. The number of nitrogens with zero attached hydrogens (tertiary/aromatic N) is 2. The fourth-order valence-electron chi connectivity index (χ4n) is 3.33. The van der Waals surface area contributed by atoms with E-state index in [2.05, 4.69) is 32.7 Å². The molecule has 6 heteroatoms. The van der Waals surface area contributed by atoms with Gasteiger partial charge in [0.15, 0.2) is 0 Å². The first-order valence-electron chi connectivity index (χ1n) is 8.77. The zero-order valence-corrected chi connectivity index (χ0v) is 14.3. The Balaban J connectivity index is 1.35. The average molecular weight is 338 g/mol. The van der Waals surface area contributed by atoms with E-state index < -0.39 is 0 Å². The summed E-state index contributed by atoms with van der Waals surface area (Å²) in [5.74, 6) is 1.32. The molecule has 0 unspecified atom stereocenters. The van der Waals surface area contributed by atoms with Crippen LogP contribution < -0.4 is 10.6 Å². The van der Waals surface area contributed by atoms with Crippen LogP contribution in [0.2, 0.25) is 0 Å². The molecular formula is C19H22N4O2. The number of ether oxygens (including phenoxy) is 1. The highest BCUT2D eigenvalue weighted by atomic mass is 16.5. The molecule has 4 rings (SSSR count). The number of fused-ring (bicyclic) bond motifs is 1. The molecule has 2 N–H and O–H groups in total. The molecule has 0 bridgehead atoms. The third-order valence-electron chi connectivity index (χ3n) is 4.76. The van der Waals surface area contributed by atoms with Gasteiger partial charge in [0.1, 0.15) is 17.3 Å². The minimum Gasteiger partial charge on any atom is -0.373 e. The Kier molecular flexibility index (Phi) is 4.36. The smallest absolute Gasteiger partial charge is 0.270 e. The molecule has 0 atom stereocenters. The van der Waals surface area contributed by atoms with Crippen molar-refractivity contribution in [2.24, 2.45) is 0 Å². The molecule has 6 nitrogen and oxygen atoms in total. The first kappa shape index (κ1) is 16.0. The van der Waals surface area contributed by atoms with Crippen molar-refractivity contribution < 1.29 is 9.53 Å². The van der Waals surface area contributed by atoms with Gasteiger partial charge in [0, 0.05) is 18.2 Å². The molecular weight excluding hydrogens is 316 g/mol. The second kappa shape index (κ2) is 6.80. The predicted octanol–water partition coefficient (Wildman–Crippen LogP) is 2.23. The number of hydrogen-bond donors (Lipinski definition) is 2. The average Bonchev–Trinajstić information content (AvgIpc) is 2.58. The Morgan fingerprint density at radius 2 is 2.04 bits per heavy atom. The van der Waals surface area contributed by atoms with Crippen molar-refractivity contribution in [3.05, 3.63) is 53.0 Å². The predicted molar refractivity (Wildman–Crippen MR) is 94.5 cm³/mol. The molecule has 0 saturated heterocycles. The van der Waals surface area contributed by atoms with E-state index in [1.807, 2.05) is 25.1 Å². The standard InChI is InChI=1S/C19H22N4O2/c1-12-21-17-16(7-8-20-19(17)24)18(22-12)23-14-9-15(10-14)25-11-13-5-3-2-4-6-13/h2-6,14-15H,7-11H2,1H3,(H,20,24)(H,21,22,23). The lowest BCUT2D eigenvalue weighted by Crippen LogP contribution is -2.42. The van der Waals surface area contributed by atoms with Crippen LogP contribution in [0, 0.1) is 6.92 Å². The van der Waals surface area contributed by atoms with Crippen molar-refractivity contribution in [2.75, 3.05) is 11.9 Å². The summed E-state index contributed by atoms with van der Waals surface area (Å²) in [7, 11) is 0. The zero-order chi connectivity index (χ0) is 17.2. The van der Waals surface area contributed by atoms with Gasteiger partial charge in [-0.25, -0.2) is 9.97 Å².